The summed E-state index contributed by atoms with van der Waals surface area (Å²) in [6.07, 6.45) is 3.82. The summed E-state index contributed by atoms with van der Waals surface area (Å²) in [6, 6.07) is 2.12. The van der Waals surface area contributed by atoms with Crippen LogP contribution in [0.2, 0.25) is 0 Å². The molecule has 2 rings (SSSR count). The number of nitriles is 1. The molecule has 0 aromatic rings. The quantitative estimate of drug-likeness (QED) is 0.630. The van der Waals surface area contributed by atoms with E-state index in [2.05, 4.69) is 12.1 Å². The molecule has 4 heteroatoms. The van der Waals surface area contributed by atoms with Gasteiger partial charge >= 0.3 is 0 Å². The first-order valence-corrected chi connectivity index (χ1v) is 6.72. The second-order valence-electron chi connectivity index (χ2n) is 6.26. The molecule has 0 N–H and O–H groups in total. The van der Waals surface area contributed by atoms with Crippen molar-refractivity contribution >= 4 is 5.78 Å². The molecule has 2 aliphatic rings. The Morgan fingerprint density at radius 3 is 2.58 bits per heavy atom. The lowest BCUT2D eigenvalue weighted by Crippen LogP contribution is -2.48. The van der Waals surface area contributed by atoms with Crippen molar-refractivity contribution in [1.82, 2.24) is 0 Å². The van der Waals surface area contributed by atoms with Crippen LogP contribution in [0.25, 0.3) is 0 Å². The maximum Gasteiger partial charge on any atom is 0.162 e. The number of hydrogen-bond donors (Lipinski definition) is 0. The molecular weight excluding hydrogens is 242 g/mol. The van der Waals surface area contributed by atoms with Crippen molar-refractivity contribution in [3.05, 3.63) is 11.6 Å². The number of rotatable bonds is 0. The van der Waals surface area contributed by atoms with Gasteiger partial charge in [0.1, 0.15) is 5.92 Å². The van der Waals surface area contributed by atoms with E-state index in [1.165, 1.54) is 0 Å². The van der Waals surface area contributed by atoms with Gasteiger partial charge in [-0.2, -0.15) is 5.26 Å². The van der Waals surface area contributed by atoms with Gasteiger partial charge in [-0.15, -0.1) is 0 Å². The van der Waals surface area contributed by atoms with Crippen LogP contribution >= 0.6 is 0 Å². The molecule has 0 radical (unpaired) electrons. The average Bonchev–Trinajstić information content (AvgIpc) is 2.35. The maximum absolute atomic E-state index is 12.2. The van der Waals surface area contributed by atoms with E-state index in [-0.39, 0.29) is 11.2 Å². The van der Waals surface area contributed by atoms with Crippen LogP contribution in [0, 0.1) is 22.7 Å². The van der Waals surface area contributed by atoms with E-state index >= 15 is 0 Å². The molecule has 1 spiro atoms. The smallest absolute Gasteiger partial charge is 0.162 e. The zero-order valence-electron chi connectivity index (χ0n) is 11.9. The van der Waals surface area contributed by atoms with Crippen molar-refractivity contribution in [2.24, 2.45) is 11.3 Å². The molecule has 1 aliphatic heterocycles. The molecule has 0 amide bonds. The zero-order chi connectivity index (χ0) is 14.1. The van der Waals surface area contributed by atoms with Crippen LogP contribution in [-0.2, 0) is 14.3 Å². The fourth-order valence-corrected chi connectivity index (χ4v) is 2.55. The van der Waals surface area contributed by atoms with Crippen LogP contribution in [0.4, 0.5) is 0 Å². The molecule has 0 saturated carbocycles. The van der Waals surface area contributed by atoms with E-state index in [1.54, 1.807) is 0 Å². The van der Waals surface area contributed by atoms with Crippen LogP contribution in [0.15, 0.2) is 11.6 Å². The Balaban J connectivity index is 2.20. The SMILES string of the molecule is C/C1=C/CC2(COC(C)(C)OC2)CC(=O)C(C#N)C1. The van der Waals surface area contributed by atoms with Gasteiger partial charge in [0.2, 0.25) is 0 Å². The highest BCUT2D eigenvalue weighted by atomic mass is 16.7. The third-order valence-electron chi connectivity index (χ3n) is 3.96. The largest absolute Gasteiger partial charge is 0.350 e. The Hall–Kier alpha value is -1.18. The monoisotopic (exact) mass is 263 g/mol. The summed E-state index contributed by atoms with van der Waals surface area (Å²) in [5, 5.41) is 9.11. The molecule has 1 aliphatic carbocycles. The molecular formula is C15H21NO3. The molecule has 1 heterocycles. The Kier molecular flexibility index (Phi) is 3.80. The standard InChI is InChI=1S/C15H21NO3/c1-11-4-5-15(7-13(17)12(6-11)8-16)9-18-14(2,3)19-10-15/h4,12H,5-7,9-10H2,1-3H3/b11-4-. The van der Waals surface area contributed by atoms with Crippen molar-refractivity contribution in [2.45, 2.75) is 45.8 Å². The van der Waals surface area contributed by atoms with Crippen molar-refractivity contribution in [1.29, 1.82) is 5.26 Å². The van der Waals surface area contributed by atoms with Gasteiger partial charge in [0, 0.05) is 11.8 Å². The summed E-state index contributed by atoms with van der Waals surface area (Å²) < 4.78 is 11.4. The summed E-state index contributed by atoms with van der Waals surface area (Å²) >= 11 is 0. The summed E-state index contributed by atoms with van der Waals surface area (Å²) in [6.45, 7) is 6.75. The van der Waals surface area contributed by atoms with E-state index < -0.39 is 11.7 Å². The van der Waals surface area contributed by atoms with Gasteiger partial charge in [-0.3, -0.25) is 4.79 Å². The van der Waals surface area contributed by atoms with E-state index in [0.29, 0.717) is 26.1 Å². The lowest BCUT2D eigenvalue weighted by Gasteiger charge is -2.43. The van der Waals surface area contributed by atoms with Gasteiger partial charge in [0.25, 0.3) is 0 Å². The van der Waals surface area contributed by atoms with E-state index in [4.69, 9.17) is 14.7 Å². The first-order valence-electron chi connectivity index (χ1n) is 6.72. The zero-order valence-corrected chi connectivity index (χ0v) is 11.9. The highest BCUT2D eigenvalue weighted by molar-refractivity contribution is 5.84. The number of allylic oxidation sites excluding steroid dienone is 2. The topological polar surface area (TPSA) is 59.3 Å². The van der Waals surface area contributed by atoms with E-state index in [1.807, 2.05) is 20.8 Å². The molecule has 4 nitrogen and oxygen atoms in total. The minimum absolute atomic E-state index is 0.0156. The number of ketones is 1. The Morgan fingerprint density at radius 1 is 1.37 bits per heavy atom. The van der Waals surface area contributed by atoms with Crippen molar-refractivity contribution in [3.63, 3.8) is 0 Å². The van der Waals surface area contributed by atoms with Crippen LogP contribution in [0.3, 0.4) is 0 Å². The summed E-state index contributed by atoms with van der Waals surface area (Å²) in [7, 11) is 0. The van der Waals surface area contributed by atoms with Gasteiger partial charge in [-0.1, -0.05) is 11.6 Å². The predicted octanol–water partition coefficient (Wildman–Crippen LogP) is 2.59. The van der Waals surface area contributed by atoms with E-state index in [0.717, 1.165) is 12.0 Å². The molecule has 1 fully saturated rings. The van der Waals surface area contributed by atoms with Crippen molar-refractivity contribution in [2.75, 3.05) is 13.2 Å². The normalized spacial score (nSPS) is 32.8. The van der Waals surface area contributed by atoms with Gasteiger partial charge in [-0.25, -0.2) is 0 Å². The van der Waals surface area contributed by atoms with Gasteiger partial charge in [-0.05, 0) is 33.6 Å². The second-order valence-corrected chi connectivity index (χ2v) is 6.26. The average molecular weight is 263 g/mol. The van der Waals surface area contributed by atoms with Crippen molar-refractivity contribution in [3.8, 4) is 6.07 Å². The van der Waals surface area contributed by atoms with Gasteiger partial charge < -0.3 is 9.47 Å². The van der Waals surface area contributed by atoms with Gasteiger partial charge in [0.05, 0.1) is 19.3 Å². The fourth-order valence-electron chi connectivity index (χ4n) is 2.55. The highest BCUT2D eigenvalue weighted by Crippen LogP contribution is 2.39. The minimum Gasteiger partial charge on any atom is -0.350 e. The first-order chi connectivity index (χ1) is 8.86. The van der Waals surface area contributed by atoms with Crippen LogP contribution in [0.5, 0.6) is 0 Å². The Bertz CT molecular complexity index is 435. The molecule has 0 aromatic heterocycles. The number of ether oxygens (including phenoxy) is 2. The number of carbonyl (C=O) groups excluding carboxylic acids is 1. The molecule has 1 saturated heterocycles. The first kappa shape index (κ1) is 14.2. The fraction of sp³-hybridized carbons (Fsp3) is 0.733. The predicted molar refractivity (Wildman–Crippen MR) is 70.1 cm³/mol. The van der Waals surface area contributed by atoms with Crippen molar-refractivity contribution < 1.29 is 14.3 Å². The highest BCUT2D eigenvalue weighted by Gasteiger charge is 2.42. The summed E-state index contributed by atoms with van der Waals surface area (Å²) in [5.41, 5.74) is 0.799. The van der Waals surface area contributed by atoms with Gasteiger partial charge in [0.15, 0.2) is 11.6 Å². The number of nitrogens with zero attached hydrogens (tertiary/aromatic N) is 1. The number of Topliss-reactive ketones (excluding diaryl/α,β-unsaturated/α-hetero) is 1. The molecule has 104 valence electrons. The second kappa shape index (κ2) is 5.07. The lowest BCUT2D eigenvalue weighted by atomic mass is 9.75. The third kappa shape index (κ3) is 3.23. The lowest BCUT2D eigenvalue weighted by molar-refractivity contribution is -0.285. The third-order valence-corrected chi connectivity index (χ3v) is 3.96. The summed E-state index contributed by atoms with van der Waals surface area (Å²) in [5.74, 6) is -1.09. The van der Waals surface area contributed by atoms with Crippen LogP contribution < -0.4 is 0 Å². The molecule has 0 aromatic carbocycles. The number of carbonyl (C=O) groups is 1. The molecule has 1 atom stereocenters. The summed E-state index contributed by atoms with van der Waals surface area (Å²) in [4.78, 5) is 12.2. The molecule has 1 unspecified atom stereocenters. The Morgan fingerprint density at radius 2 is 2.00 bits per heavy atom. The van der Waals surface area contributed by atoms with Crippen LogP contribution in [0.1, 0.15) is 40.0 Å². The molecule has 0 bridgehead atoms. The number of hydrogen-bond acceptors (Lipinski definition) is 4. The van der Waals surface area contributed by atoms with E-state index in [9.17, 15) is 4.79 Å². The Labute approximate surface area is 114 Å². The minimum atomic E-state index is -0.579. The molecule has 19 heavy (non-hydrogen) atoms. The maximum atomic E-state index is 12.2. The van der Waals surface area contributed by atoms with Crippen LogP contribution in [-0.4, -0.2) is 24.8 Å².